The molecule has 1 aromatic rings. The van der Waals surface area contributed by atoms with Gasteiger partial charge in [0.25, 0.3) is 5.91 Å². The standard InChI is InChI=1S/C19H24N2O5/c1-25-14-7-3-4-8-15(14)26-19(11-5-2-6-12-19)18(24)20-13-9-10-16(22)21-17(13)23/h3-4,7-8,13H,2,5-6,9-12H2,1H3,(H,20,24)(H,21,22,23). The molecule has 1 heterocycles. The molecule has 1 unspecified atom stereocenters. The van der Waals surface area contributed by atoms with Crippen molar-refractivity contribution >= 4 is 17.7 Å². The fraction of sp³-hybridized carbons (Fsp3) is 0.526. The Morgan fingerprint density at radius 3 is 2.50 bits per heavy atom. The van der Waals surface area contributed by atoms with Crippen molar-refractivity contribution in [2.75, 3.05) is 7.11 Å². The third-order valence-corrected chi connectivity index (χ3v) is 4.99. The minimum atomic E-state index is -1.03. The van der Waals surface area contributed by atoms with Crippen molar-refractivity contribution in [2.24, 2.45) is 0 Å². The summed E-state index contributed by atoms with van der Waals surface area (Å²) in [6, 6.07) is 6.51. The summed E-state index contributed by atoms with van der Waals surface area (Å²) in [5.74, 6) is -0.00446. The maximum absolute atomic E-state index is 13.1. The van der Waals surface area contributed by atoms with Crippen molar-refractivity contribution in [1.29, 1.82) is 0 Å². The van der Waals surface area contributed by atoms with Gasteiger partial charge < -0.3 is 14.8 Å². The number of carbonyl (C=O) groups excluding carboxylic acids is 3. The van der Waals surface area contributed by atoms with E-state index in [0.717, 1.165) is 19.3 Å². The monoisotopic (exact) mass is 360 g/mol. The van der Waals surface area contributed by atoms with Crippen LogP contribution in [0.25, 0.3) is 0 Å². The van der Waals surface area contributed by atoms with Gasteiger partial charge in [0.05, 0.1) is 7.11 Å². The van der Waals surface area contributed by atoms with Crippen LogP contribution in [0.1, 0.15) is 44.9 Å². The molecular weight excluding hydrogens is 336 g/mol. The van der Waals surface area contributed by atoms with Gasteiger partial charge in [-0.05, 0) is 44.2 Å². The number of hydrogen-bond acceptors (Lipinski definition) is 5. The maximum Gasteiger partial charge on any atom is 0.264 e. The van der Waals surface area contributed by atoms with Crippen LogP contribution in [0.3, 0.4) is 0 Å². The molecule has 1 saturated carbocycles. The minimum absolute atomic E-state index is 0.219. The van der Waals surface area contributed by atoms with E-state index in [1.54, 1.807) is 19.2 Å². The summed E-state index contributed by atoms with van der Waals surface area (Å²) in [5, 5.41) is 5.05. The van der Waals surface area contributed by atoms with Gasteiger partial charge in [-0.3, -0.25) is 19.7 Å². The molecule has 2 aliphatic rings. The molecule has 0 radical (unpaired) electrons. The largest absolute Gasteiger partial charge is 0.493 e. The van der Waals surface area contributed by atoms with Gasteiger partial charge in [-0.1, -0.05) is 18.6 Å². The van der Waals surface area contributed by atoms with Gasteiger partial charge in [0.2, 0.25) is 11.8 Å². The highest BCUT2D eigenvalue weighted by Gasteiger charge is 2.44. The summed E-state index contributed by atoms with van der Waals surface area (Å²) in [6.45, 7) is 0. The van der Waals surface area contributed by atoms with E-state index < -0.39 is 17.6 Å². The Kier molecular flexibility index (Phi) is 5.44. The van der Waals surface area contributed by atoms with Crippen LogP contribution in [0.2, 0.25) is 0 Å². The molecule has 0 bridgehead atoms. The second kappa shape index (κ2) is 7.76. The van der Waals surface area contributed by atoms with Gasteiger partial charge in [0, 0.05) is 6.42 Å². The van der Waals surface area contributed by atoms with Crippen molar-refractivity contribution in [3.8, 4) is 11.5 Å². The zero-order valence-corrected chi connectivity index (χ0v) is 14.9. The van der Waals surface area contributed by atoms with Crippen LogP contribution in [0.15, 0.2) is 24.3 Å². The second-order valence-corrected chi connectivity index (χ2v) is 6.79. The average molecular weight is 360 g/mol. The summed E-state index contributed by atoms with van der Waals surface area (Å²) in [7, 11) is 1.55. The normalized spacial score (nSPS) is 22.3. The molecule has 1 atom stereocenters. The Morgan fingerprint density at radius 1 is 1.15 bits per heavy atom. The van der Waals surface area contributed by atoms with Gasteiger partial charge >= 0.3 is 0 Å². The van der Waals surface area contributed by atoms with Gasteiger partial charge in [-0.2, -0.15) is 0 Å². The topological polar surface area (TPSA) is 93.7 Å². The number of benzene rings is 1. The van der Waals surface area contributed by atoms with E-state index in [1.165, 1.54) is 0 Å². The maximum atomic E-state index is 13.1. The third-order valence-electron chi connectivity index (χ3n) is 4.99. The molecule has 3 amide bonds. The number of imide groups is 1. The molecule has 140 valence electrons. The van der Waals surface area contributed by atoms with E-state index in [9.17, 15) is 14.4 Å². The van der Waals surface area contributed by atoms with Crippen molar-refractivity contribution in [3.63, 3.8) is 0 Å². The second-order valence-electron chi connectivity index (χ2n) is 6.79. The smallest absolute Gasteiger partial charge is 0.264 e. The van der Waals surface area contributed by atoms with E-state index in [1.807, 2.05) is 12.1 Å². The highest BCUT2D eigenvalue weighted by molar-refractivity contribution is 6.02. The quantitative estimate of drug-likeness (QED) is 0.780. The van der Waals surface area contributed by atoms with Crippen molar-refractivity contribution in [2.45, 2.75) is 56.6 Å². The molecule has 1 aliphatic heterocycles. The number of amides is 3. The molecule has 7 heteroatoms. The lowest BCUT2D eigenvalue weighted by atomic mass is 9.83. The average Bonchev–Trinajstić information content (AvgIpc) is 2.65. The van der Waals surface area contributed by atoms with E-state index in [0.29, 0.717) is 30.8 Å². The fourth-order valence-corrected chi connectivity index (χ4v) is 3.53. The fourth-order valence-electron chi connectivity index (χ4n) is 3.53. The highest BCUT2D eigenvalue weighted by Crippen LogP contribution is 2.37. The van der Waals surface area contributed by atoms with Crippen molar-refractivity contribution < 1.29 is 23.9 Å². The molecular formula is C19H24N2O5. The first kappa shape index (κ1) is 18.2. The number of piperidine rings is 1. The zero-order chi connectivity index (χ0) is 18.6. The first-order valence-corrected chi connectivity index (χ1v) is 9.01. The van der Waals surface area contributed by atoms with Crippen LogP contribution in [0, 0.1) is 0 Å². The Hall–Kier alpha value is -2.57. The Morgan fingerprint density at radius 2 is 1.85 bits per heavy atom. The van der Waals surface area contributed by atoms with Crippen LogP contribution in [-0.4, -0.2) is 36.5 Å². The van der Waals surface area contributed by atoms with E-state index in [2.05, 4.69) is 10.6 Å². The summed E-state index contributed by atoms with van der Waals surface area (Å²) >= 11 is 0. The molecule has 3 rings (SSSR count). The molecule has 1 aliphatic carbocycles. The summed E-state index contributed by atoms with van der Waals surface area (Å²) < 4.78 is 11.5. The highest BCUT2D eigenvalue weighted by atomic mass is 16.5. The van der Waals surface area contributed by atoms with Crippen LogP contribution in [0.4, 0.5) is 0 Å². The van der Waals surface area contributed by atoms with Gasteiger partial charge in [-0.15, -0.1) is 0 Å². The number of para-hydroxylation sites is 2. The molecule has 0 spiro atoms. The summed E-state index contributed by atoms with van der Waals surface area (Å²) in [5.41, 5.74) is -1.03. The van der Waals surface area contributed by atoms with Crippen LogP contribution < -0.4 is 20.1 Å². The predicted octanol–water partition coefficient (Wildman–Crippen LogP) is 1.70. The first-order valence-electron chi connectivity index (χ1n) is 9.01. The number of rotatable bonds is 5. The molecule has 2 N–H and O–H groups in total. The Labute approximate surface area is 152 Å². The zero-order valence-electron chi connectivity index (χ0n) is 14.9. The lowest BCUT2D eigenvalue weighted by Gasteiger charge is -2.37. The molecule has 7 nitrogen and oxygen atoms in total. The lowest BCUT2D eigenvalue weighted by molar-refractivity contribution is -0.145. The Balaban J connectivity index is 1.79. The number of hydrogen-bond donors (Lipinski definition) is 2. The summed E-state index contributed by atoms with van der Waals surface area (Å²) in [6.07, 6.45) is 4.46. The van der Waals surface area contributed by atoms with E-state index >= 15 is 0 Å². The van der Waals surface area contributed by atoms with Crippen LogP contribution in [0.5, 0.6) is 11.5 Å². The van der Waals surface area contributed by atoms with Crippen LogP contribution in [-0.2, 0) is 14.4 Å². The van der Waals surface area contributed by atoms with E-state index in [4.69, 9.17) is 9.47 Å². The van der Waals surface area contributed by atoms with Crippen molar-refractivity contribution in [1.82, 2.24) is 10.6 Å². The van der Waals surface area contributed by atoms with Crippen molar-refractivity contribution in [3.05, 3.63) is 24.3 Å². The number of nitrogens with one attached hydrogen (secondary N) is 2. The molecule has 2 fully saturated rings. The van der Waals surface area contributed by atoms with Gasteiger partial charge in [0.1, 0.15) is 6.04 Å². The molecule has 26 heavy (non-hydrogen) atoms. The molecule has 0 aromatic heterocycles. The predicted molar refractivity (Wildman–Crippen MR) is 93.8 cm³/mol. The first-order chi connectivity index (χ1) is 12.5. The summed E-state index contributed by atoms with van der Waals surface area (Å²) in [4.78, 5) is 36.4. The third kappa shape index (κ3) is 3.81. The lowest BCUT2D eigenvalue weighted by Crippen LogP contribution is -2.59. The van der Waals surface area contributed by atoms with Gasteiger partial charge in [-0.25, -0.2) is 0 Å². The van der Waals surface area contributed by atoms with Gasteiger partial charge in [0.15, 0.2) is 17.1 Å². The molecule has 1 aromatic carbocycles. The number of carbonyl (C=O) groups is 3. The number of methoxy groups -OCH3 is 1. The van der Waals surface area contributed by atoms with E-state index in [-0.39, 0.29) is 18.2 Å². The molecule has 1 saturated heterocycles. The SMILES string of the molecule is COc1ccccc1OC1(C(=O)NC2CCC(=O)NC2=O)CCCCC1. The van der Waals surface area contributed by atoms with Crippen LogP contribution >= 0.6 is 0 Å². The Bertz CT molecular complexity index is 697. The number of ether oxygens (including phenoxy) is 2. The minimum Gasteiger partial charge on any atom is -0.493 e.